The molecule has 0 aliphatic heterocycles. The molecule has 0 amide bonds. The lowest BCUT2D eigenvalue weighted by molar-refractivity contribution is -0.163. The largest absolute Gasteiger partial charge is 0.496 e. The van der Waals surface area contributed by atoms with Crippen LogP contribution in [0.4, 0.5) is 17.6 Å². The minimum atomic E-state index is -1.36. The van der Waals surface area contributed by atoms with Gasteiger partial charge in [0.2, 0.25) is 16.8 Å². The Morgan fingerprint density at radius 1 is 0.328 bits per heavy atom. The highest BCUT2D eigenvalue weighted by atomic mass is 19.1. The summed E-state index contributed by atoms with van der Waals surface area (Å²) in [6.45, 7) is 25.8. The number of carboxylic acids is 9. The van der Waals surface area contributed by atoms with Crippen LogP contribution >= 0.6 is 0 Å². The van der Waals surface area contributed by atoms with Crippen molar-refractivity contribution in [3.05, 3.63) is 261 Å². The Morgan fingerprint density at radius 3 is 0.891 bits per heavy atom. The maximum absolute atomic E-state index is 13.1. The second-order valence-electron chi connectivity index (χ2n) is 31.3. The molecule has 3 aliphatic rings. The van der Waals surface area contributed by atoms with E-state index < -0.39 is 117 Å². The van der Waals surface area contributed by atoms with Crippen LogP contribution in [0.3, 0.4) is 0 Å². The maximum Gasteiger partial charge on any atom is 0.348 e. The van der Waals surface area contributed by atoms with E-state index in [4.69, 9.17) is 93.3 Å². The number of ether oxygens (including phenoxy) is 10. The third-order valence-corrected chi connectivity index (χ3v) is 18.8. The first-order valence-electron chi connectivity index (χ1n) is 39.8. The Kier molecular flexibility index (Phi) is 40.2. The number of aliphatic carboxylic acids is 9. The molecule has 0 saturated heterocycles. The molecular formula is C96H110F4O28. The van der Waals surface area contributed by atoms with Crippen molar-refractivity contribution in [2.75, 3.05) is 20.3 Å². The van der Waals surface area contributed by atoms with Gasteiger partial charge in [-0.25, -0.2) is 60.7 Å². The molecule has 9 aromatic rings. The molecule has 3 fully saturated rings. The molecule has 28 nitrogen and oxygen atoms in total. The number of rotatable bonds is 28. The highest BCUT2D eigenvalue weighted by molar-refractivity contribution is 5.82. The van der Waals surface area contributed by atoms with Gasteiger partial charge in [0, 0.05) is 56.0 Å². The number of halogens is 4. The fourth-order valence-electron chi connectivity index (χ4n) is 9.94. The summed E-state index contributed by atoms with van der Waals surface area (Å²) in [5.74, 6) is -5.95. The van der Waals surface area contributed by atoms with Crippen molar-refractivity contribution in [3.8, 4) is 57.5 Å². The van der Waals surface area contributed by atoms with E-state index in [0.717, 1.165) is 40.3 Å². The molecule has 9 N–H and O–H groups in total. The van der Waals surface area contributed by atoms with Gasteiger partial charge in [0.25, 0.3) is 0 Å². The Balaban J connectivity index is 0.000000302. The second kappa shape index (κ2) is 48.4. The predicted molar refractivity (Wildman–Crippen MR) is 463 cm³/mol. The first-order valence-corrected chi connectivity index (χ1v) is 39.8. The molecule has 3 aliphatic carbocycles. The van der Waals surface area contributed by atoms with Gasteiger partial charge in [0.1, 0.15) is 80.8 Å². The Hall–Kier alpha value is -14.1. The summed E-state index contributed by atoms with van der Waals surface area (Å²) in [5, 5.41) is 78.5. The average Bonchev–Trinajstić information content (AvgIpc) is 1.69. The van der Waals surface area contributed by atoms with Crippen molar-refractivity contribution < 1.29 is 154 Å². The number of carboxylic acid groups (broad SMARTS) is 9. The van der Waals surface area contributed by atoms with E-state index in [2.05, 4.69) is 0 Å². The molecule has 0 aromatic heterocycles. The lowest BCUT2D eigenvalue weighted by Gasteiger charge is -2.37. The molecule has 32 heteroatoms. The standard InChI is InChI=1S/C12H16O4.C12H14O3.C11H11FO3.C11H13FO3.C11H12O3.C11H14O3.C10H11FO3.C9H9FO3.C9H10O3/c1-8-5-6-9(7-10(8)15-4)16-12(2,3)11(13)14;1-9-3-5-10(6-4-9)15-12(11(13)14)7-2-8-12;1-7-2-3-8(6-9(7)12)15-11(4-5-11)10(13)14;1-7-4-5-8(6-9(7)12)15-11(2,3)10(13)14;1-8-2-4-9(5-3-8)14-11(6-7-11)10(12)13;1-8-4-6-9(7-5-8)14-11(2,3)10(12)13;1-6-3-4-8(5-9(6)11)14-7(2)10(12)13;1-6-2-3-7(4-8(6)10)13-5-9(11)12;1-7-2-4-8(5-3-7)12-6-9(10)11/h5-7H,1-4H3,(H,13,14);3-6H,2,7-8H2,1H3,(H,13,14);2-3,6H,4-5H2,1H3,(H,13,14);4-6H,1-3H3,(H,13,14);2-5H,6-7H2,1H3,(H,12,13);4-7H,1-3H3,(H,12,13);3-5,7H,1-2H3,(H,12,13);2-4H,5H2,1H3,(H,11,12);2-5H,6H2,1H3,(H,10,11). The van der Waals surface area contributed by atoms with E-state index in [-0.39, 0.29) is 35.4 Å². The van der Waals surface area contributed by atoms with Gasteiger partial charge >= 0.3 is 53.7 Å². The SMILES string of the molecule is COc1cc(OC(C)(C)C(=O)O)ccc1C.Cc1ccc(OC(C)(C)C(=O)O)cc1.Cc1ccc(OC(C)(C)C(=O)O)cc1F.Cc1ccc(OC(C)C(=O)O)cc1F.Cc1ccc(OC2(C(=O)O)CC2)cc1.Cc1ccc(OC2(C(=O)O)CC2)cc1F.Cc1ccc(OC2(C(=O)O)CCC2)cc1.Cc1ccc(OCC(=O)O)cc1.Cc1ccc(OCC(=O)O)cc1F. The first kappa shape index (κ1) is 106. The third kappa shape index (κ3) is 36.2. The molecule has 1 unspecified atom stereocenters. The van der Waals surface area contributed by atoms with Crippen molar-refractivity contribution in [1.29, 1.82) is 0 Å². The molecule has 9 aromatic carbocycles. The normalized spacial score (nSPS) is 13.1. The third-order valence-electron chi connectivity index (χ3n) is 18.8. The maximum atomic E-state index is 13.1. The summed E-state index contributed by atoms with van der Waals surface area (Å²) in [5.41, 5.74) is 0.702. The molecule has 0 bridgehead atoms. The molecule has 0 heterocycles. The number of benzene rings is 9. The van der Waals surface area contributed by atoms with Crippen molar-refractivity contribution in [3.63, 3.8) is 0 Å². The van der Waals surface area contributed by atoms with E-state index in [1.54, 1.807) is 114 Å². The molecule has 0 spiro atoms. The predicted octanol–water partition coefficient (Wildman–Crippen LogP) is 18.4. The van der Waals surface area contributed by atoms with Crippen molar-refractivity contribution in [2.24, 2.45) is 0 Å². The van der Waals surface area contributed by atoms with Gasteiger partial charge in [0.05, 0.1) is 7.11 Å². The van der Waals surface area contributed by atoms with Gasteiger partial charge < -0.3 is 93.3 Å². The fraction of sp³-hybridized carbons (Fsp3) is 0.344. The molecular weight excluding hydrogens is 1680 g/mol. The van der Waals surface area contributed by atoms with Crippen LogP contribution in [-0.2, 0) is 43.2 Å². The van der Waals surface area contributed by atoms with E-state index in [0.29, 0.717) is 95.3 Å². The zero-order valence-electron chi connectivity index (χ0n) is 74.1. The summed E-state index contributed by atoms with van der Waals surface area (Å²) < 4.78 is 104. The number of carbonyl (C=O) groups is 9. The van der Waals surface area contributed by atoms with Gasteiger partial charge in [-0.1, -0.05) is 101 Å². The number of aryl methyl sites for hydroxylation is 9. The topological polar surface area (TPSA) is 428 Å². The fourth-order valence-corrected chi connectivity index (χ4v) is 9.94. The van der Waals surface area contributed by atoms with Gasteiger partial charge in [-0.2, -0.15) is 0 Å². The van der Waals surface area contributed by atoms with Gasteiger partial charge in [-0.05, 0) is 237 Å². The zero-order valence-corrected chi connectivity index (χ0v) is 74.1. The van der Waals surface area contributed by atoms with E-state index in [1.807, 2.05) is 101 Å². The monoisotopic (exact) mass is 1790 g/mol. The number of hydrogen-bond donors (Lipinski definition) is 9. The van der Waals surface area contributed by atoms with E-state index in [1.165, 1.54) is 84.9 Å². The van der Waals surface area contributed by atoms with Crippen molar-refractivity contribution in [1.82, 2.24) is 0 Å². The quantitative estimate of drug-likeness (QED) is 0.0206. The summed E-state index contributed by atoms with van der Waals surface area (Å²) in [6, 6.07) is 51.8. The van der Waals surface area contributed by atoms with E-state index in [9.17, 15) is 60.7 Å². The van der Waals surface area contributed by atoms with Crippen LogP contribution in [-0.4, -0.2) is 160 Å². The smallest absolute Gasteiger partial charge is 0.348 e. The molecule has 3 saturated carbocycles. The summed E-state index contributed by atoms with van der Waals surface area (Å²) in [4.78, 5) is 95.8. The van der Waals surface area contributed by atoms with Crippen LogP contribution in [0.25, 0.3) is 0 Å². The van der Waals surface area contributed by atoms with Crippen molar-refractivity contribution in [2.45, 2.75) is 195 Å². The van der Waals surface area contributed by atoms with E-state index >= 15 is 0 Å². The Labute approximate surface area is 739 Å². The molecule has 690 valence electrons. The van der Waals surface area contributed by atoms with Crippen LogP contribution in [0.1, 0.15) is 143 Å². The number of hydrogen-bond acceptors (Lipinski definition) is 19. The van der Waals surface area contributed by atoms with Crippen LogP contribution in [0.15, 0.2) is 188 Å². The average molecular weight is 1790 g/mol. The van der Waals surface area contributed by atoms with Crippen LogP contribution in [0.5, 0.6) is 57.5 Å². The van der Waals surface area contributed by atoms with Crippen LogP contribution < -0.4 is 47.4 Å². The van der Waals surface area contributed by atoms with Crippen LogP contribution in [0, 0.1) is 85.6 Å². The molecule has 1 atom stereocenters. The minimum Gasteiger partial charge on any atom is -0.496 e. The van der Waals surface area contributed by atoms with Crippen LogP contribution in [0.2, 0.25) is 0 Å². The lowest BCUT2D eigenvalue weighted by atomic mass is 9.80. The van der Waals surface area contributed by atoms with Gasteiger partial charge in [-0.15, -0.1) is 0 Å². The minimum absolute atomic E-state index is 0.213. The second-order valence-corrected chi connectivity index (χ2v) is 31.3. The highest BCUT2D eigenvalue weighted by Crippen LogP contribution is 2.42. The Morgan fingerprint density at radius 2 is 0.586 bits per heavy atom. The van der Waals surface area contributed by atoms with Gasteiger partial charge in [-0.3, -0.25) is 0 Å². The highest BCUT2D eigenvalue weighted by Gasteiger charge is 2.54. The summed E-state index contributed by atoms with van der Waals surface area (Å²) in [6.07, 6.45) is 3.35. The van der Waals surface area contributed by atoms with Crippen molar-refractivity contribution >= 4 is 53.7 Å². The molecule has 128 heavy (non-hydrogen) atoms. The number of methoxy groups -OCH3 is 1. The molecule has 0 radical (unpaired) electrons. The first-order chi connectivity index (χ1) is 59.7. The summed E-state index contributed by atoms with van der Waals surface area (Å²) >= 11 is 0. The van der Waals surface area contributed by atoms with Gasteiger partial charge in [0.15, 0.2) is 36.1 Å². The summed E-state index contributed by atoms with van der Waals surface area (Å²) in [7, 11) is 1.56. The molecule has 12 rings (SSSR count). The zero-order chi connectivity index (χ0) is 96.4. The lowest BCUT2D eigenvalue weighted by Crippen LogP contribution is -2.50. The Bertz CT molecular complexity index is 5090.